The monoisotopic (exact) mass is 269 g/mol. The molecule has 0 radical (unpaired) electrons. The third kappa shape index (κ3) is 6.76. The van der Waals surface area contributed by atoms with Crippen molar-refractivity contribution in [1.82, 2.24) is 5.32 Å². The average Bonchev–Trinajstić information content (AvgIpc) is 2.38. The summed E-state index contributed by atoms with van der Waals surface area (Å²) >= 11 is 0. The summed E-state index contributed by atoms with van der Waals surface area (Å²) in [6.07, 6.45) is 8.10. The van der Waals surface area contributed by atoms with Gasteiger partial charge in [-0.15, -0.1) is 0 Å². The minimum atomic E-state index is 0.602. The smallest absolute Gasteiger partial charge is 0.0497 e. The van der Waals surface area contributed by atoms with Gasteiger partial charge in [0, 0.05) is 19.3 Å². The molecule has 1 rings (SSSR count). The Labute approximate surface area is 120 Å². The highest BCUT2D eigenvalue weighted by Gasteiger charge is 2.30. The van der Waals surface area contributed by atoms with Crippen LogP contribution in [0.15, 0.2) is 0 Å². The first-order valence-electron chi connectivity index (χ1n) is 8.48. The van der Waals surface area contributed by atoms with Crippen LogP contribution in [-0.4, -0.2) is 25.8 Å². The highest BCUT2D eigenvalue weighted by atomic mass is 16.5. The van der Waals surface area contributed by atoms with Crippen molar-refractivity contribution in [3.63, 3.8) is 0 Å². The average molecular weight is 269 g/mol. The van der Waals surface area contributed by atoms with Gasteiger partial charge in [0.25, 0.3) is 0 Å². The van der Waals surface area contributed by atoms with Gasteiger partial charge >= 0.3 is 0 Å². The number of ether oxygens (including phenoxy) is 1. The molecule has 1 aliphatic rings. The van der Waals surface area contributed by atoms with Crippen LogP contribution >= 0.6 is 0 Å². The van der Waals surface area contributed by atoms with Crippen LogP contribution in [0.5, 0.6) is 0 Å². The molecule has 3 unspecified atom stereocenters. The van der Waals surface area contributed by atoms with Gasteiger partial charge in [-0.05, 0) is 43.6 Å². The second kappa shape index (κ2) is 9.77. The lowest BCUT2D eigenvalue weighted by Crippen LogP contribution is -2.37. The molecule has 0 amide bonds. The van der Waals surface area contributed by atoms with Gasteiger partial charge in [0.05, 0.1) is 0 Å². The van der Waals surface area contributed by atoms with Crippen LogP contribution in [-0.2, 0) is 4.74 Å². The fraction of sp³-hybridized carbons (Fsp3) is 1.00. The minimum absolute atomic E-state index is 0.602. The molecule has 1 N–H and O–H groups in total. The predicted molar refractivity (Wildman–Crippen MR) is 83.5 cm³/mol. The molecule has 0 saturated heterocycles. The zero-order chi connectivity index (χ0) is 14.1. The molecule has 0 aromatic heterocycles. The van der Waals surface area contributed by atoms with E-state index in [1.807, 2.05) is 0 Å². The van der Waals surface area contributed by atoms with Crippen LogP contribution in [0, 0.1) is 17.8 Å². The number of hydrogen-bond donors (Lipinski definition) is 1. The van der Waals surface area contributed by atoms with E-state index in [0.29, 0.717) is 6.04 Å². The Kier molecular flexibility index (Phi) is 8.72. The van der Waals surface area contributed by atoms with Crippen molar-refractivity contribution in [2.45, 2.75) is 72.3 Å². The Hall–Kier alpha value is -0.0800. The quantitative estimate of drug-likeness (QED) is 0.632. The van der Waals surface area contributed by atoms with Crippen LogP contribution in [0.25, 0.3) is 0 Å². The van der Waals surface area contributed by atoms with Crippen molar-refractivity contribution in [1.29, 1.82) is 0 Å². The highest BCUT2D eigenvalue weighted by molar-refractivity contribution is 4.82. The van der Waals surface area contributed by atoms with E-state index in [9.17, 15) is 0 Å². The molecule has 114 valence electrons. The van der Waals surface area contributed by atoms with Crippen molar-refractivity contribution < 1.29 is 4.74 Å². The van der Waals surface area contributed by atoms with Crippen molar-refractivity contribution in [3.05, 3.63) is 0 Å². The summed E-state index contributed by atoms with van der Waals surface area (Å²) in [6, 6.07) is 0.602. The van der Waals surface area contributed by atoms with E-state index < -0.39 is 0 Å². The molecule has 0 bridgehead atoms. The molecular weight excluding hydrogens is 234 g/mol. The maximum Gasteiger partial charge on any atom is 0.0497 e. The zero-order valence-corrected chi connectivity index (χ0v) is 13.6. The predicted octanol–water partition coefficient (Wildman–Crippen LogP) is 4.24. The topological polar surface area (TPSA) is 21.3 Å². The Balaban J connectivity index is 2.42. The number of hydrogen-bond acceptors (Lipinski definition) is 2. The largest absolute Gasteiger partial charge is 0.381 e. The minimum Gasteiger partial charge on any atom is -0.381 e. The summed E-state index contributed by atoms with van der Waals surface area (Å²) in [6.45, 7) is 12.1. The van der Waals surface area contributed by atoms with Gasteiger partial charge < -0.3 is 10.1 Å². The molecule has 0 heterocycles. The van der Waals surface area contributed by atoms with Crippen molar-refractivity contribution in [2.75, 3.05) is 19.8 Å². The Bertz CT molecular complexity index is 217. The summed E-state index contributed by atoms with van der Waals surface area (Å²) in [7, 11) is 0. The highest BCUT2D eigenvalue weighted by Crippen LogP contribution is 2.36. The molecule has 1 saturated carbocycles. The molecule has 0 spiro atoms. The summed E-state index contributed by atoms with van der Waals surface area (Å²) in [4.78, 5) is 0. The fourth-order valence-electron chi connectivity index (χ4n) is 3.33. The van der Waals surface area contributed by atoms with Crippen molar-refractivity contribution in [2.24, 2.45) is 17.8 Å². The standard InChI is InChI=1S/C17H35NO/c1-5-7-15-8-9-16(12-18-14(3)4)17(11-15)13-19-10-6-2/h14-18H,5-13H2,1-4H3. The van der Waals surface area contributed by atoms with E-state index in [0.717, 1.165) is 37.4 Å². The van der Waals surface area contributed by atoms with Gasteiger partial charge in [0.2, 0.25) is 0 Å². The molecule has 3 atom stereocenters. The van der Waals surface area contributed by atoms with Crippen LogP contribution in [0.4, 0.5) is 0 Å². The van der Waals surface area contributed by atoms with E-state index >= 15 is 0 Å². The van der Waals surface area contributed by atoms with Crippen LogP contribution < -0.4 is 5.32 Å². The third-order valence-corrected chi connectivity index (χ3v) is 4.41. The molecule has 2 heteroatoms. The maximum atomic E-state index is 5.86. The van der Waals surface area contributed by atoms with Gasteiger partial charge in [0.1, 0.15) is 0 Å². The summed E-state index contributed by atoms with van der Waals surface area (Å²) in [5.41, 5.74) is 0. The van der Waals surface area contributed by atoms with E-state index in [4.69, 9.17) is 4.74 Å². The molecule has 0 aliphatic heterocycles. The lowest BCUT2D eigenvalue weighted by atomic mass is 9.73. The molecule has 1 aliphatic carbocycles. The molecular formula is C17H35NO. The fourth-order valence-corrected chi connectivity index (χ4v) is 3.33. The second-order valence-electron chi connectivity index (χ2n) is 6.63. The molecule has 2 nitrogen and oxygen atoms in total. The van der Waals surface area contributed by atoms with Gasteiger partial charge in [-0.2, -0.15) is 0 Å². The SMILES string of the molecule is CCCOCC1CC(CCC)CCC1CNC(C)C. The normalized spacial score (nSPS) is 27.9. The lowest BCUT2D eigenvalue weighted by molar-refractivity contribution is 0.0430. The molecule has 0 aromatic carbocycles. The first-order valence-corrected chi connectivity index (χ1v) is 8.48. The second-order valence-corrected chi connectivity index (χ2v) is 6.63. The van der Waals surface area contributed by atoms with E-state index in [2.05, 4.69) is 33.0 Å². The molecule has 1 fully saturated rings. The van der Waals surface area contributed by atoms with Crippen LogP contribution in [0.3, 0.4) is 0 Å². The van der Waals surface area contributed by atoms with Gasteiger partial charge in [-0.3, -0.25) is 0 Å². The maximum absolute atomic E-state index is 5.86. The van der Waals surface area contributed by atoms with Crippen molar-refractivity contribution in [3.8, 4) is 0 Å². The van der Waals surface area contributed by atoms with Crippen LogP contribution in [0.1, 0.15) is 66.2 Å². The molecule has 0 aromatic rings. The van der Waals surface area contributed by atoms with Gasteiger partial charge in [-0.25, -0.2) is 0 Å². The number of rotatable bonds is 9. The molecule has 19 heavy (non-hydrogen) atoms. The lowest BCUT2D eigenvalue weighted by Gasteiger charge is -2.36. The van der Waals surface area contributed by atoms with Gasteiger partial charge in [0.15, 0.2) is 0 Å². The van der Waals surface area contributed by atoms with Gasteiger partial charge in [-0.1, -0.05) is 47.0 Å². The third-order valence-electron chi connectivity index (χ3n) is 4.41. The van der Waals surface area contributed by atoms with Crippen LogP contribution in [0.2, 0.25) is 0 Å². The Morgan fingerprint density at radius 2 is 1.89 bits per heavy atom. The zero-order valence-electron chi connectivity index (χ0n) is 13.6. The van der Waals surface area contributed by atoms with E-state index in [-0.39, 0.29) is 0 Å². The summed E-state index contributed by atoms with van der Waals surface area (Å²) in [5.74, 6) is 2.56. The van der Waals surface area contributed by atoms with E-state index in [1.54, 1.807) is 0 Å². The summed E-state index contributed by atoms with van der Waals surface area (Å²) < 4.78 is 5.86. The van der Waals surface area contributed by atoms with Crippen molar-refractivity contribution >= 4 is 0 Å². The Morgan fingerprint density at radius 1 is 1.11 bits per heavy atom. The first-order chi connectivity index (χ1) is 9.17. The van der Waals surface area contributed by atoms with E-state index in [1.165, 1.54) is 38.6 Å². The first kappa shape index (κ1) is 17.0. The summed E-state index contributed by atoms with van der Waals surface area (Å²) in [5, 5.41) is 3.63. The Morgan fingerprint density at radius 3 is 2.53 bits per heavy atom. The number of nitrogens with one attached hydrogen (secondary N) is 1.